The molecule has 4 rings (SSSR count). The number of thiophene rings is 1. The van der Waals surface area contributed by atoms with E-state index in [0.29, 0.717) is 16.3 Å². The van der Waals surface area contributed by atoms with Crippen LogP contribution in [0.4, 0.5) is 15.1 Å². The van der Waals surface area contributed by atoms with Gasteiger partial charge >= 0.3 is 0 Å². The maximum atomic E-state index is 13.1. The second-order valence-corrected chi connectivity index (χ2v) is 8.00. The lowest BCUT2D eigenvalue weighted by molar-refractivity contribution is -0.122. The minimum Gasteiger partial charge on any atom is -0.316 e. The Morgan fingerprint density at radius 1 is 1.26 bits per heavy atom. The van der Waals surface area contributed by atoms with E-state index in [0.717, 1.165) is 31.2 Å². The van der Waals surface area contributed by atoms with Crippen molar-refractivity contribution >= 4 is 33.8 Å². The number of hydrogen-bond acceptors (Lipinski definition) is 4. The van der Waals surface area contributed by atoms with Gasteiger partial charge in [0.15, 0.2) is 0 Å². The lowest BCUT2D eigenvalue weighted by Gasteiger charge is -2.16. The molecule has 2 amide bonds. The summed E-state index contributed by atoms with van der Waals surface area (Å²) in [6.07, 6.45) is 4.11. The standard InChI is InChI=1S/C20H18FN3O2S/c21-13-5-7-14(8-6-13)24-11-12(9-18(24)25)19(26)23-20-16(10-22)15-3-1-2-4-17(15)27-20/h5-8,12H,1-4,9,11H2,(H,23,26). The van der Waals surface area contributed by atoms with Crippen molar-refractivity contribution in [3.8, 4) is 6.07 Å². The van der Waals surface area contributed by atoms with E-state index in [1.54, 1.807) is 0 Å². The van der Waals surface area contributed by atoms with Gasteiger partial charge in [0.1, 0.15) is 16.9 Å². The fourth-order valence-corrected chi connectivity index (χ4v) is 4.98. The van der Waals surface area contributed by atoms with Gasteiger partial charge in [-0.05, 0) is 55.5 Å². The molecule has 1 fully saturated rings. The van der Waals surface area contributed by atoms with Crippen molar-refractivity contribution in [1.82, 2.24) is 0 Å². The van der Waals surface area contributed by atoms with Crippen molar-refractivity contribution in [2.75, 3.05) is 16.8 Å². The molecule has 1 aliphatic carbocycles. The Hall–Kier alpha value is -2.72. The Labute approximate surface area is 160 Å². The van der Waals surface area contributed by atoms with Gasteiger partial charge in [-0.2, -0.15) is 5.26 Å². The average Bonchev–Trinajstić information content (AvgIpc) is 3.22. The molecule has 1 aliphatic heterocycles. The minimum absolute atomic E-state index is 0.107. The monoisotopic (exact) mass is 383 g/mol. The first kappa shape index (κ1) is 17.7. The predicted molar refractivity (Wildman–Crippen MR) is 101 cm³/mol. The number of nitrogens with zero attached hydrogens (tertiary/aromatic N) is 2. The highest BCUT2D eigenvalue weighted by molar-refractivity contribution is 7.16. The number of fused-ring (bicyclic) bond motifs is 1. The van der Waals surface area contributed by atoms with Crippen molar-refractivity contribution in [1.29, 1.82) is 5.26 Å². The zero-order chi connectivity index (χ0) is 19.0. The first-order chi connectivity index (χ1) is 13.1. The number of nitrogens with one attached hydrogen (secondary N) is 1. The lowest BCUT2D eigenvalue weighted by Crippen LogP contribution is -2.28. The Morgan fingerprint density at radius 2 is 2.00 bits per heavy atom. The fraction of sp³-hybridized carbons (Fsp3) is 0.350. The molecule has 1 saturated heterocycles. The molecular formula is C20H18FN3O2S. The second-order valence-electron chi connectivity index (χ2n) is 6.90. The maximum Gasteiger partial charge on any atom is 0.230 e. The molecule has 1 unspecified atom stereocenters. The Bertz CT molecular complexity index is 945. The van der Waals surface area contributed by atoms with Crippen molar-refractivity contribution in [3.63, 3.8) is 0 Å². The fourth-order valence-electron chi connectivity index (χ4n) is 3.74. The molecule has 138 valence electrons. The van der Waals surface area contributed by atoms with Gasteiger partial charge in [0, 0.05) is 23.5 Å². The van der Waals surface area contributed by atoms with Crippen molar-refractivity contribution in [3.05, 3.63) is 46.1 Å². The molecule has 7 heteroatoms. The third-order valence-corrected chi connectivity index (χ3v) is 6.36. The summed E-state index contributed by atoms with van der Waals surface area (Å²) in [5.41, 5.74) is 2.23. The van der Waals surface area contributed by atoms with Crippen LogP contribution in [0, 0.1) is 23.1 Å². The molecule has 1 aromatic heterocycles. The zero-order valence-corrected chi connectivity index (χ0v) is 15.4. The lowest BCUT2D eigenvalue weighted by atomic mass is 9.96. The molecule has 2 aromatic rings. The van der Waals surface area contributed by atoms with E-state index in [2.05, 4.69) is 11.4 Å². The van der Waals surface area contributed by atoms with Gasteiger partial charge in [0.25, 0.3) is 0 Å². The number of anilines is 2. The zero-order valence-electron chi connectivity index (χ0n) is 14.6. The SMILES string of the molecule is N#Cc1c(NC(=O)C2CC(=O)N(c3ccc(F)cc3)C2)sc2c1CCCC2. The number of halogens is 1. The second kappa shape index (κ2) is 7.12. The number of amides is 2. The van der Waals surface area contributed by atoms with Gasteiger partial charge in [-0.15, -0.1) is 11.3 Å². The van der Waals surface area contributed by atoms with E-state index in [4.69, 9.17) is 0 Å². The van der Waals surface area contributed by atoms with Gasteiger partial charge < -0.3 is 10.2 Å². The van der Waals surface area contributed by atoms with Crippen LogP contribution in [-0.2, 0) is 22.4 Å². The summed E-state index contributed by atoms with van der Waals surface area (Å²) in [5.74, 6) is -1.27. The Kier molecular flexibility index (Phi) is 4.66. The molecule has 0 saturated carbocycles. The van der Waals surface area contributed by atoms with E-state index in [1.807, 2.05) is 0 Å². The molecule has 1 aromatic carbocycles. The van der Waals surface area contributed by atoms with Crippen LogP contribution < -0.4 is 10.2 Å². The number of carbonyl (C=O) groups is 2. The summed E-state index contributed by atoms with van der Waals surface area (Å²) < 4.78 is 13.1. The largest absolute Gasteiger partial charge is 0.316 e. The molecule has 27 heavy (non-hydrogen) atoms. The molecule has 2 aliphatic rings. The molecule has 5 nitrogen and oxygen atoms in total. The Balaban J connectivity index is 1.50. The first-order valence-electron chi connectivity index (χ1n) is 8.98. The van der Waals surface area contributed by atoms with Crippen LogP contribution in [0.1, 0.15) is 35.3 Å². The molecule has 2 heterocycles. The van der Waals surface area contributed by atoms with E-state index >= 15 is 0 Å². The molecular weight excluding hydrogens is 365 g/mol. The van der Waals surface area contributed by atoms with E-state index < -0.39 is 5.92 Å². The number of hydrogen-bond donors (Lipinski definition) is 1. The molecule has 0 bridgehead atoms. The van der Waals surface area contributed by atoms with Crippen LogP contribution in [0.3, 0.4) is 0 Å². The average molecular weight is 383 g/mol. The van der Waals surface area contributed by atoms with Gasteiger partial charge in [0.05, 0.1) is 11.5 Å². The summed E-state index contributed by atoms with van der Waals surface area (Å²) >= 11 is 1.48. The molecule has 0 spiro atoms. The van der Waals surface area contributed by atoms with Gasteiger partial charge in [-0.1, -0.05) is 0 Å². The van der Waals surface area contributed by atoms with E-state index in [1.165, 1.54) is 45.4 Å². The summed E-state index contributed by atoms with van der Waals surface area (Å²) in [4.78, 5) is 27.7. The highest BCUT2D eigenvalue weighted by atomic mass is 32.1. The van der Waals surface area contributed by atoms with E-state index in [9.17, 15) is 19.2 Å². The molecule has 1 atom stereocenters. The normalized spacial score (nSPS) is 18.9. The third kappa shape index (κ3) is 3.33. The summed E-state index contributed by atoms with van der Waals surface area (Å²) in [7, 11) is 0. The topological polar surface area (TPSA) is 73.2 Å². The molecule has 1 N–H and O–H groups in total. The van der Waals surface area contributed by atoms with Gasteiger partial charge in [-0.25, -0.2) is 4.39 Å². The van der Waals surface area contributed by atoms with Crippen LogP contribution in [0.2, 0.25) is 0 Å². The van der Waals surface area contributed by atoms with Crippen LogP contribution >= 0.6 is 11.3 Å². The Morgan fingerprint density at radius 3 is 2.74 bits per heavy atom. The highest BCUT2D eigenvalue weighted by Crippen LogP contribution is 2.38. The summed E-state index contributed by atoms with van der Waals surface area (Å²) in [6, 6.07) is 7.90. The number of nitriles is 1. The van der Waals surface area contributed by atoms with Gasteiger partial charge in [-0.3, -0.25) is 9.59 Å². The van der Waals surface area contributed by atoms with Crippen molar-refractivity contribution in [2.24, 2.45) is 5.92 Å². The predicted octanol–water partition coefficient (Wildman–Crippen LogP) is 3.63. The third-order valence-electron chi connectivity index (χ3n) is 5.15. The van der Waals surface area contributed by atoms with Crippen LogP contribution in [-0.4, -0.2) is 18.4 Å². The minimum atomic E-state index is -0.492. The number of aryl methyl sites for hydroxylation is 1. The van der Waals surface area contributed by atoms with Crippen LogP contribution in [0.5, 0.6) is 0 Å². The summed E-state index contributed by atoms with van der Waals surface area (Å²) in [5, 5.41) is 13.0. The number of rotatable bonds is 3. The van der Waals surface area contributed by atoms with Crippen molar-refractivity contribution in [2.45, 2.75) is 32.1 Å². The van der Waals surface area contributed by atoms with Crippen LogP contribution in [0.25, 0.3) is 0 Å². The smallest absolute Gasteiger partial charge is 0.230 e. The quantitative estimate of drug-likeness (QED) is 0.880. The van der Waals surface area contributed by atoms with Gasteiger partial charge in [0.2, 0.25) is 11.8 Å². The highest BCUT2D eigenvalue weighted by Gasteiger charge is 2.36. The summed E-state index contributed by atoms with van der Waals surface area (Å²) in [6.45, 7) is 0.253. The van der Waals surface area contributed by atoms with E-state index in [-0.39, 0.29) is 30.6 Å². The number of carbonyl (C=O) groups excluding carboxylic acids is 2. The van der Waals surface area contributed by atoms with Crippen molar-refractivity contribution < 1.29 is 14.0 Å². The first-order valence-corrected chi connectivity index (χ1v) is 9.80. The molecule has 0 radical (unpaired) electrons. The van der Waals surface area contributed by atoms with Crippen LogP contribution in [0.15, 0.2) is 24.3 Å². The maximum absolute atomic E-state index is 13.1. The number of benzene rings is 1.